The Kier molecular flexibility index (Phi) is 8.43. The molecule has 1 aromatic heterocycles. The van der Waals surface area contributed by atoms with Crippen molar-refractivity contribution in [2.24, 2.45) is 0 Å². The van der Waals surface area contributed by atoms with Gasteiger partial charge < -0.3 is 15.2 Å². The molecule has 2 aromatic rings. The van der Waals surface area contributed by atoms with E-state index in [1.54, 1.807) is 4.57 Å². The van der Waals surface area contributed by atoms with E-state index >= 15 is 0 Å². The fourth-order valence-electron chi connectivity index (χ4n) is 2.98. The first-order chi connectivity index (χ1) is 13.8. The second-order valence-corrected chi connectivity index (χ2v) is 8.33. The van der Waals surface area contributed by atoms with E-state index in [1.807, 2.05) is 57.4 Å². The maximum Gasteiger partial charge on any atom is 0.293 e. The average molecular weight is 420 g/mol. The Balaban J connectivity index is 0.000000370. The summed E-state index contributed by atoms with van der Waals surface area (Å²) in [7, 11) is 0. The Labute approximate surface area is 175 Å². The van der Waals surface area contributed by atoms with E-state index in [2.05, 4.69) is 15.0 Å². The van der Waals surface area contributed by atoms with Crippen molar-refractivity contribution in [2.45, 2.75) is 50.5 Å². The van der Waals surface area contributed by atoms with Gasteiger partial charge in [0.1, 0.15) is 5.60 Å². The van der Waals surface area contributed by atoms with Gasteiger partial charge >= 0.3 is 0 Å². The van der Waals surface area contributed by atoms with Crippen LogP contribution in [0.3, 0.4) is 0 Å². The number of thioether (sulfide) groups is 1. The van der Waals surface area contributed by atoms with Crippen molar-refractivity contribution < 1.29 is 14.6 Å². The van der Waals surface area contributed by atoms with Gasteiger partial charge in [-0.25, -0.2) is 4.98 Å². The van der Waals surface area contributed by atoms with Gasteiger partial charge in [0.05, 0.1) is 18.3 Å². The summed E-state index contributed by atoms with van der Waals surface area (Å²) in [6.45, 7) is 7.21. The fourth-order valence-corrected chi connectivity index (χ4v) is 3.59. The lowest BCUT2D eigenvalue weighted by Gasteiger charge is -2.24. The number of benzene rings is 1. The number of nitrogens with zero attached hydrogens (tertiary/aromatic N) is 2. The molecule has 0 saturated heterocycles. The van der Waals surface area contributed by atoms with E-state index in [0.29, 0.717) is 24.6 Å². The number of hydrogen-bond donors (Lipinski definition) is 2. The summed E-state index contributed by atoms with van der Waals surface area (Å²) in [5.41, 5.74) is 2.17. The molecule has 1 aromatic carbocycles. The van der Waals surface area contributed by atoms with Gasteiger partial charge in [0.15, 0.2) is 5.16 Å². The predicted octanol–water partition coefficient (Wildman–Crippen LogP) is 2.15. The molecule has 3 rings (SSSR count). The second kappa shape index (κ2) is 10.6. The highest BCUT2D eigenvalue weighted by Crippen LogP contribution is 2.23. The second-order valence-electron chi connectivity index (χ2n) is 7.56. The molecule has 2 heterocycles. The number of carbonyl (C=O) groups is 1. The van der Waals surface area contributed by atoms with Crippen LogP contribution in [-0.4, -0.2) is 46.1 Å². The first-order valence-electron chi connectivity index (χ1n) is 9.48. The van der Waals surface area contributed by atoms with Crippen molar-refractivity contribution in [3.63, 3.8) is 0 Å². The third-order valence-electron chi connectivity index (χ3n) is 4.36. The van der Waals surface area contributed by atoms with Crippen LogP contribution in [0.4, 0.5) is 0 Å². The Morgan fingerprint density at radius 2 is 2.03 bits per heavy atom. The number of fused-ring (bicyclic) bond motifs is 1. The summed E-state index contributed by atoms with van der Waals surface area (Å²) in [5.74, 6) is 0. The van der Waals surface area contributed by atoms with Gasteiger partial charge in [-0.05, 0) is 45.6 Å². The zero-order chi connectivity index (χ0) is 21.4. The maximum atomic E-state index is 12.9. The molecular formula is C21H29N3O4S. The molecular weight excluding hydrogens is 390 g/mol. The molecule has 29 heavy (non-hydrogen) atoms. The molecule has 0 fully saturated rings. The number of aromatic nitrogens is 2. The number of carbonyl (C=O) groups excluding carboxylic acids is 1. The van der Waals surface area contributed by atoms with E-state index in [4.69, 9.17) is 0 Å². The minimum Gasteiger partial charge on any atom is -0.462 e. The average Bonchev–Trinajstić information content (AvgIpc) is 2.70. The minimum atomic E-state index is -0.399. The Morgan fingerprint density at radius 3 is 2.55 bits per heavy atom. The molecule has 0 saturated carbocycles. The van der Waals surface area contributed by atoms with E-state index in [0.717, 1.165) is 23.4 Å². The zero-order valence-electron chi connectivity index (χ0n) is 17.3. The van der Waals surface area contributed by atoms with E-state index < -0.39 is 6.04 Å². The van der Waals surface area contributed by atoms with Crippen molar-refractivity contribution in [1.29, 1.82) is 0 Å². The summed E-state index contributed by atoms with van der Waals surface area (Å²) in [6.07, 6.45) is 2.59. The van der Waals surface area contributed by atoms with Crippen LogP contribution in [0.15, 0.2) is 40.3 Å². The monoisotopic (exact) mass is 419 g/mol. The smallest absolute Gasteiger partial charge is 0.293 e. The summed E-state index contributed by atoms with van der Waals surface area (Å²) in [4.78, 5) is 27.2. The van der Waals surface area contributed by atoms with E-state index in [1.165, 1.54) is 11.8 Å². The Hall–Kier alpha value is -2.16. The van der Waals surface area contributed by atoms with Gasteiger partial charge in [0.25, 0.3) is 12.0 Å². The third kappa shape index (κ3) is 6.16. The predicted molar refractivity (Wildman–Crippen MR) is 114 cm³/mol. The number of aliphatic hydroxyl groups excluding tert-OH is 1. The molecule has 2 N–H and O–H groups in total. The van der Waals surface area contributed by atoms with Gasteiger partial charge in [0.2, 0.25) is 0 Å². The zero-order valence-corrected chi connectivity index (χ0v) is 18.2. The Bertz CT molecular complexity index is 863. The number of nitrogens with one attached hydrogen (secondary N) is 1. The number of hydrogen-bond acceptors (Lipinski definition) is 7. The lowest BCUT2D eigenvalue weighted by molar-refractivity contribution is -0.138. The number of ether oxygens (including phenoxy) is 1. The topological polar surface area (TPSA) is 93.5 Å². The summed E-state index contributed by atoms with van der Waals surface area (Å²) in [5, 5.41) is 13.8. The third-order valence-corrected chi connectivity index (χ3v) is 5.01. The van der Waals surface area contributed by atoms with Crippen LogP contribution in [0, 0.1) is 0 Å². The minimum absolute atomic E-state index is 0.0289. The highest BCUT2D eigenvalue weighted by molar-refractivity contribution is 7.98. The van der Waals surface area contributed by atoms with Gasteiger partial charge in [-0.15, -0.1) is 0 Å². The van der Waals surface area contributed by atoms with Gasteiger partial charge in [-0.1, -0.05) is 42.1 Å². The molecule has 7 nitrogen and oxygen atoms in total. The van der Waals surface area contributed by atoms with Gasteiger partial charge in [-0.3, -0.25) is 14.2 Å². The molecule has 0 bridgehead atoms. The normalized spacial score (nSPS) is 14.2. The van der Waals surface area contributed by atoms with Crippen LogP contribution in [0.1, 0.15) is 43.6 Å². The molecule has 8 heteroatoms. The summed E-state index contributed by atoms with van der Waals surface area (Å²) in [6, 6.07) is 9.21. The molecule has 0 spiro atoms. The maximum absolute atomic E-state index is 12.9. The molecule has 0 aliphatic carbocycles. The molecule has 1 unspecified atom stereocenters. The molecule has 0 amide bonds. The lowest BCUT2D eigenvalue weighted by Crippen LogP contribution is -2.38. The molecule has 1 aliphatic heterocycles. The molecule has 1 aliphatic rings. The van der Waals surface area contributed by atoms with Crippen LogP contribution < -0.4 is 10.9 Å². The SMILES string of the molecule is CC(C)(C)OC=O.CSc1nc2c(c(=O)n1C(CO)c1ccccc1)CCNC2. The van der Waals surface area contributed by atoms with Crippen LogP contribution in [0.5, 0.6) is 0 Å². The van der Waals surface area contributed by atoms with Crippen LogP contribution in [0.2, 0.25) is 0 Å². The summed E-state index contributed by atoms with van der Waals surface area (Å²) >= 11 is 1.43. The van der Waals surface area contributed by atoms with Crippen molar-refractivity contribution in [2.75, 3.05) is 19.4 Å². The van der Waals surface area contributed by atoms with E-state index in [-0.39, 0.29) is 17.8 Å². The van der Waals surface area contributed by atoms with Crippen molar-refractivity contribution in [3.8, 4) is 0 Å². The highest BCUT2D eigenvalue weighted by Gasteiger charge is 2.24. The number of aliphatic hydroxyl groups is 1. The Morgan fingerprint density at radius 1 is 1.34 bits per heavy atom. The van der Waals surface area contributed by atoms with Crippen molar-refractivity contribution >= 4 is 18.2 Å². The van der Waals surface area contributed by atoms with Crippen LogP contribution in [0.25, 0.3) is 0 Å². The quantitative estimate of drug-likeness (QED) is 0.436. The van der Waals surface area contributed by atoms with Crippen LogP contribution >= 0.6 is 11.8 Å². The summed E-state index contributed by atoms with van der Waals surface area (Å²) < 4.78 is 6.19. The fraction of sp³-hybridized carbons (Fsp3) is 0.476. The van der Waals surface area contributed by atoms with Crippen molar-refractivity contribution in [1.82, 2.24) is 14.9 Å². The highest BCUT2D eigenvalue weighted by atomic mass is 32.2. The van der Waals surface area contributed by atoms with E-state index in [9.17, 15) is 14.7 Å². The van der Waals surface area contributed by atoms with Gasteiger partial charge in [0, 0.05) is 12.1 Å². The molecule has 158 valence electrons. The van der Waals surface area contributed by atoms with Crippen LogP contribution in [-0.2, 0) is 22.5 Å². The lowest BCUT2D eigenvalue weighted by atomic mass is 10.1. The number of rotatable bonds is 5. The largest absolute Gasteiger partial charge is 0.462 e. The molecule has 0 radical (unpaired) electrons. The van der Waals surface area contributed by atoms with Crippen molar-refractivity contribution in [3.05, 3.63) is 57.5 Å². The van der Waals surface area contributed by atoms with Gasteiger partial charge in [-0.2, -0.15) is 0 Å². The first kappa shape index (κ1) is 23.1. The molecule has 1 atom stereocenters. The first-order valence-corrected chi connectivity index (χ1v) is 10.7. The standard InChI is InChI=1S/C16H19N3O2S.C5H10O2/c1-22-16-18-13-9-17-8-7-12(13)15(21)19(16)14(10-20)11-5-3-2-4-6-11;1-5(2,3)7-4-6/h2-6,14,17,20H,7-10H2,1H3;4H,1-3H3.